The number of aromatic nitrogens is 2. The van der Waals surface area contributed by atoms with E-state index in [1.54, 1.807) is 18.5 Å². The molecule has 0 spiro atoms. The van der Waals surface area contributed by atoms with Crippen LogP contribution in [0.4, 0.5) is 5.69 Å². The maximum atomic E-state index is 8.79. The van der Waals surface area contributed by atoms with E-state index in [-0.39, 0.29) is 0 Å². The maximum absolute atomic E-state index is 8.79. The molecule has 2 N–H and O–H groups in total. The summed E-state index contributed by atoms with van der Waals surface area (Å²) < 4.78 is 7.37. The lowest BCUT2D eigenvalue weighted by Gasteiger charge is -2.07. The fraction of sp³-hybridized carbons (Fsp3) is 0.231. The summed E-state index contributed by atoms with van der Waals surface area (Å²) in [6, 6.07) is 9.37. The zero-order valence-electron chi connectivity index (χ0n) is 9.91. The predicted molar refractivity (Wildman–Crippen MR) is 67.9 cm³/mol. The first-order valence-corrected chi connectivity index (χ1v) is 5.69. The Morgan fingerprint density at radius 2 is 2.33 bits per heavy atom. The Bertz CT molecular complexity index is 556. The molecule has 1 heterocycles. The Balaban J connectivity index is 1.78. The summed E-state index contributed by atoms with van der Waals surface area (Å²) >= 11 is 0. The minimum Gasteiger partial charge on any atom is -0.493 e. The molecule has 0 unspecified atom stereocenters. The van der Waals surface area contributed by atoms with Crippen LogP contribution in [0.15, 0.2) is 36.7 Å². The Morgan fingerprint density at radius 3 is 3.11 bits per heavy atom. The van der Waals surface area contributed by atoms with E-state index >= 15 is 0 Å². The van der Waals surface area contributed by atoms with Gasteiger partial charge in [-0.1, -0.05) is 6.07 Å². The highest BCUT2D eigenvalue weighted by molar-refractivity contribution is 5.43. The largest absolute Gasteiger partial charge is 0.493 e. The number of aryl methyl sites for hydroxylation is 1. The van der Waals surface area contributed by atoms with Gasteiger partial charge in [0.1, 0.15) is 11.8 Å². The number of ether oxygens (including phenoxy) is 1. The Morgan fingerprint density at radius 1 is 1.44 bits per heavy atom. The van der Waals surface area contributed by atoms with Crippen molar-refractivity contribution in [3.63, 3.8) is 0 Å². The number of hydrogen-bond acceptors (Lipinski definition) is 4. The zero-order valence-corrected chi connectivity index (χ0v) is 9.91. The molecule has 0 atom stereocenters. The van der Waals surface area contributed by atoms with Gasteiger partial charge in [-0.25, -0.2) is 4.98 Å². The van der Waals surface area contributed by atoms with Gasteiger partial charge in [0.25, 0.3) is 0 Å². The molecule has 2 aromatic rings. The smallest absolute Gasteiger partial charge is 0.212 e. The first kappa shape index (κ1) is 12.0. The van der Waals surface area contributed by atoms with Crippen molar-refractivity contribution in [3.05, 3.63) is 42.5 Å². The highest BCUT2D eigenvalue weighted by Crippen LogP contribution is 2.14. The van der Waals surface area contributed by atoms with E-state index in [9.17, 15) is 0 Å². The second-order valence-corrected chi connectivity index (χ2v) is 3.83. The average Bonchev–Trinajstić information content (AvgIpc) is 2.82. The molecule has 0 aliphatic rings. The number of rotatable bonds is 5. The van der Waals surface area contributed by atoms with Gasteiger partial charge < -0.3 is 15.0 Å². The van der Waals surface area contributed by atoms with Crippen LogP contribution >= 0.6 is 0 Å². The summed E-state index contributed by atoms with van der Waals surface area (Å²) in [5.74, 6) is 1.19. The van der Waals surface area contributed by atoms with Crippen molar-refractivity contribution in [2.75, 3.05) is 12.3 Å². The molecule has 0 saturated carbocycles. The van der Waals surface area contributed by atoms with E-state index in [2.05, 4.69) is 4.98 Å². The Labute approximate surface area is 105 Å². The molecule has 0 radical (unpaired) electrons. The first-order valence-electron chi connectivity index (χ1n) is 5.69. The lowest BCUT2D eigenvalue weighted by atomic mass is 10.3. The van der Waals surface area contributed by atoms with Gasteiger partial charge in [0, 0.05) is 30.7 Å². The number of nitriles is 1. The van der Waals surface area contributed by atoms with Crippen molar-refractivity contribution in [1.29, 1.82) is 5.26 Å². The summed E-state index contributed by atoms with van der Waals surface area (Å²) in [6.07, 6.45) is 4.22. The van der Waals surface area contributed by atoms with Crippen LogP contribution in [0.25, 0.3) is 0 Å². The third kappa shape index (κ3) is 3.01. The fourth-order valence-corrected chi connectivity index (χ4v) is 1.63. The molecule has 0 aliphatic carbocycles. The lowest BCUT2D eigenvalue weighted by Crippen LogP contribution is -2.05. The van der Waals surface area contributed by atoms with E-state index in [1.807, 2.05) is 28.8 Å². The van der Waals surface area contributed by atoms with Gasteiger partial charge in [-0.2, -0.15) is 5.26 Å². The van der Waals surface area contributed by atoms with Gasteiger partial charge in [-0.05, 0) is 18.6 Å². The number of hydrogen-bond donors (Lipinski definition) is 1. The van der Waals surface area contributed by atoms with Crippen LogP contribution in [0, 0.1) is 11.3 Å². The van der Waals surface area contributed by atoms with Crippen LogP contribution in [0.1, 0.15) is 12.2 Å². The molecule has 2 rings (SSSR count). The Kier molecular flexibility index (Phi) is 3.82. The summed E-state index contributed by atoms with van der Waals surface area (Å²) in [5.41, 5.74) is 6.34. The lowest BCUT2D eigenvalue weighted by molar-refractivity contribution is 0.301. The zero-order chi connectivity index (χ0) is 12.8. The maximum Gasteiger partial charge on any atom is 0.212 e. The van der Waals surface area contributed by atoms with Crippen LogP contribution in [-0.2, 0) is 6.54 Å². The number of nitrogens with zero attached hydrogens (tertiary/aromatic N) is 3. The number of benzene rings is 1. The second-order valence-electron chi connectivity index (χ2n) is 3.83. The van der Waals surface area contributed by atoms with Crippen LogP contribution in [-0.4, -0.2) is 16.2 Å². The first-order chi connectivity index (χ1) is 8.79. The standard InChI is InChI=1S/C13H14N4O/c14-10-13-16-5-7-17(13)6-2-8-18-12-4-1-3-11(15)9-12/h1,3-5,7,9H,2,6,8,15H2. The third-order valence-corrected chi connectivity index (χ3v) is 2.49. The second kappa shape index (κ2) is 5.73. The van der Waals surface area contributed by atoms with Crippen molar-refractivity contribution in [2.24, 2.45) is 0 Å². The van der Waals surface area contributed by atoms with Gasteiger partial charge in [-0.15, -0.1) is 0 Å². The monoisotopic (exact) mass is 242 g/mol. The minimum absolute atomic E-state index is 0.430. The SMILES string of the molecule is N#Cc1nccn1CCCOc1cccc(N)c1. The van der Waals surface area contributed by atoms with Crippen LogP contribution in [0.5, 0.6) is 5.75 Å². The number of imidazole rings is 1. The van der Waals surface area contributed by atoms with Crippen molar-refractivity contribution in [3.8, 4) is 11.8 Å². The van der Waals surface area contributed by atoms with Crippen molar-refractivity contribution < 1.29 is 4.74 Å². The van der Waals surface area contributed by atoms with Crippen molar-refractivity contribution in [1.82, 2.24) is 9.55 Å². The molecule has 18 heavy (non-hydrogen) atoms. The average molecular weight is 242 g/mol. The van der Waals surface area contributed by atoms with Crippen LogP contribution < -0.4 is 10.5 Å². The highest BCUT2D eigenvalue weighted by atomic mass is 16.5. The van der Waals surface area contributed by atoms with Crippen molar-refractivity contribution >= 4 is 5.69 Å². The molecular weight excluding hydrogens is 228 g/mol. The fourth-order valence-electron chi connectivity index (χ4n) is 1.63. The number of nitrogen functional groups attached to an aromatic ring is 1. The number of nitrogens with two attached hydrogens (primary N) is 1. The molecule has 0 bridgehead atoms. The molecule has 1 aromatic heterocycles. The summed E-state index contributed by atoms with van der Waals surface area (Å²) in [5, 5.41) is 8.79. The molecule has 0 aliphatic heterocycles. The Hall–Kier alpha value is -2.48. The van der Waals surface area contributed by atoms with E-state index in [1.165, 1.54) is 0 Å². The predicted octanol–water partition coefficient (Wildman–Crippen LogP) is 1.81. The van der Waals surface area contributed by atoms with Gasteiger partial charge in [0.2, 0.25) is 5.82 Å². The van der Waals surface area contributed by atoms with E-state index in [0.717, 1.165) is 12.2 Å². The minimum atomic E-state index is 0.430. The molecular formula is C13H14N4O. The van der Waals surface area contributed by atoms with E-state index < -0.39 is 0 Å². The van der Waals surface area contributed by atoms with Gasteiger partial charge >= 0.3 is 0 Å². The molecule has 92 valence electrons. The van der Waals surface area contributed by atoms with E-state index in [4.69, 9.17) is 15.7 Å². The van der Waals surface area contributed by atoms with Gasteiger partial charge in [0.05, 0.1) is 6.61 Å². The summed E-state index contributed by atoms with van der Waals surface area (Å²) in [4.78, 5) is 3.93. The highest BCUT2D eigenvalue weighted by Gasteiger charge is 2.00. The molecule has 5 heteroatoms. The molecule has 0 fully saturated rings. The number of anilines is 1. The third-order valence-electron chi connectivity index (χ3n) is 2.49. The molecule has 0 saturated heterocycles. The normalized spacial score (nSPS) is 9.94. The van der Waals surface area contributed by atoms with Crippen LogP contribution in [0.2, 0.25) is 0 Å². The summed E-state index contributed by atoms with van der Waals surface area (Å²) in [7, 11) is 0. The van der Waals surface area contributed by atoms with Crippen LogP contribution in [0.3, 0.4) is 0 Å². The van der Waals surface area contributed by atoms with Crippen molar-refractivity contribution in [2.45, 2.75) is 13.0 Å². The molecule has 1 aromatic carbocycles. The quantitative estimate of drug-likeness (QED) is 0.640. The summed E-state index contributed by atoms with van der Waals surface area (Å²) in [6.45, 7) is 1.29. The van der Waals surface area contributed by atoms with Gasteiger partial charge in [-0.3, -0.25) is 0 Å². The molecule has 5 nitrogen and oxygen atoms in total. The van der Waals surface area contributed by atoms with Gasteiger partial charge in [0.15, 0.2) is 0 Å². The topological polar surface area (TPSA) is 76.9 Å². The molecule has 0 amide bonds. The van der Waals surface area contributed by atoms with E-state index in [0.29, 0.717) is 24.7 Å².